The fourth-order valence-electron chi connectivity index (χ4n) is 16.8. The lowest BCUT2D eigenvalue weighted by molar-refractivity contribution is 0.589. The van der Waals surface area contributed by atoms with Crippen LogP contribution in [0.3, 0.4) is 0 Å². The Balaban J connectivity index is 1.13. The van der Waals surface area contributed by atoms with E-state index in [0.717, 1.165) is 128 Å². The quantitative estimate of drug-likeness (QED) is 0.144. The number of hydrogen-bond donors (Lipinski definition) is 0. The molecule has 5 heteroatoms. The Morgan fingerprint density at radius 1 is 0.274 bits per heavy atom. The van der Waals surface area contributed by atoms with E-state index in [2.05, 4.69) is 402 Å². The molecule has 0 aliphatic heterocycles. The Kier molecular flexibility index (Phi) is 16.1. The number of fused-ring (bicyclic) bond motifs is 14. The van der Waals surface area contributed by atoms with Gasteiger partial charge in [0.1, 0.15) is 16.7 Å². The minimum Gasteiger partial charge on any atom is -0.455 e. The van der Waals surface area contributed by atoms with E-state index in [0.29, 0.717) is 0 Å². The molecule has 106 heavy (non-hydrogen) atoms. The predicted octanol–water partition coefficient (Wildman–Crippen LogP) is 29.0. The Hall–Kier alpha value is -10.4. The molecular formula is C101H103N3O2. The summed E-state index contributed by atoms with van der Waals surface area (Å²) in [5.74, 6) is 0. The Morgan fingerprint density at radius 3 is 1.04 bits per heavy atom. The zero-order valence-electron chi connectivity index (χ0n) is 66.3. The largest absolute Gasteiger partial charge is 0.455 e. The number of aromatic nitrogens is 1. The second-order valence-electron chi connectivity index (χ2n) is 37.5. The van der Waals surface area contributed by atoms with Gasteiger partial charge in [-0.2, -0.15) is 0 Å². The van der Waals surface area contributed by atoms with Gasteiger partial charge in [-0.25, -0.2) is 0 Å². The summed E-state index contributed by atoms with van der Waals surface area (Å²) in [5, 5.41) is 6.53. The standard InChI is InChI=1S/C101H103N3O2/c1-94(2,3)62-30-32-68(33-31-62)101(70-45-57-83-79(59-70)78-58-69(100(19,20)21)44-56-82(78)104(83)75-54-42-67(43-55-75)99(16,17)18)80-61-85(103(73-50-38-65(39-51-73)97(10,11)12)74-52-40-66(41-53-74)98(13,14)15)92-89(77-27-23-25-29-87(77)105-92)90(80)91-81(101)60-84(88-76-26-22-24-28-86(76)106-93(88)91)102(71-46-34-63(35-47-71)95(4,5)6)72-48-36-64(37-49-72)96(7,8)9/h22-61H,1-21H3. The molecule has 3 aromatic heterocycles. The topological polar surface area (TPSA) is 37.7 Å². The minimum absolute atomic E-state index is 0.0132. The first-order valence-corrected chi connectivity index (χ1v) is 38.3. The maximum absolute atomic E-state index is 7.89. The van der Waals surface area contributed by atoms with Crippen LogP contribution in [0.4, 0.5) is 34.1 Å². The molecule has 534 valence electrons. The molecule has 0 radical (unpaired) electrons. The molecule has 0 spiro atoms. The van der Waals surface area contributed by atoms with Crippen LogP contribution in [0.1, 0.15) is 207 Å². The summed E-state index contributed by atoms with van der Waals surface area (Å²) in [6, 6.07) is 93.6. The van der Waals surface area contributed by atoms with Crippen molar-refractivity contribution in [2.24, 2.45) is 0 Å². The Bertz CT molecular complexity index is 5810. The van der Waals surface area contributed by atoms with Gasteiger partial charge in [-0.15, -0.1) is 0 Å². The molecule has 1 aliphatic rings. The summed E-state index contributed by atoms with van der Waals surface area (Å²) < 4.78 is 18.1. The van der Waals surface area contributed by atoms with Crippen molar-refractivity contribution in [3.63, 3.8) is 0 Å². The highest BCUT2D eigenvalue weighted by atomic mass is 16.3. The third-order valence-corrected chi connectivity index (χ3v) is 23.0. The minimum atomic E-state index is -1.08. The molecule has 0 bridgehead atoms. The second kappa shape index (κ2) is 24.3. The van der Waals surface area contributed by atoms with Crippen LogP contribution in [0.2, 0.25) is 0 Å². The van der Waals surface area contributed by atoms with Gasteiger partial charge in [0.05, 0.1) is 33.2 Å². The van der Waals surface area contributed by atoms with Gasteiger partial charge in [0.25, 0.3) is 0 Å². The van der Waals surface area contributed by atoms with Gasteiger partial charge in [0.2, 0.25) is 0 Å². The van der Waals surface area contributed by atoms with E-state index in [1.165, 1.54) is 49.7 Å². The van der Waals surface area contributed by atoms with Crippen LogP contribution < -0.4 is 9.80 Å². The molecule has 1 unspecified atom stereocenters. The first-order valence-electron chi connectivity index (χ1n) is 38.3. The first kappa shape index (κ1) is 70.0. The van der Waals surface area contributed by atoms with Crippen LogP contribution in [0.15, 0.2) is 251 Å². The number of hydrogen-bond acceptors (Lipinski definition) is 4. The average Bonchev–Trinajstić information content (AvgIpc) is 1.49. The molecule has 0 saturated carbocycles. The van der Waals surface area contributed by atoms with Crippen molar-refractivity contribution in [3.05, 3.63) is 304 Å². The third kappa shape index (κ3) is 11.6. The van der Waals surface area contributed by atoms with Crippen LogP contribution in [0.25, 0.3) is 82.5 Å². The fourth-order valence-corrected chi connectivity index (χ4v) is 16.8. The van der Waals surface area contributed by atoms with E-state index in [1.54, 1.807) is 0 Å². The van der Waals surface area contributed by atoms with Crippen LogP contribution in [0.5, 0.6) is 0 Å². The van der Waals surface area contributed by atoms with Crippen molar-refractivity contribution in [1.82, 2.24) is 4.57 Å². The van der Waals surface area contributed by atoms with Gasteiger partial charge >= 0.3 is 0 Å². The molecule has 0 saturated heterocycles. The summed E-state index contributed by atoms with van der Waals surface area (Å²) in [4.78, 5) is 5.00. The van der Waals surface area contributed by atoms with Crippen LogP contribution in [0, 0.1) is 0 Å². The smallest absolute Gasteiger partial charge is 0.160 e. The number of rotatable bonds is 9. The molecule has 12 aromatic carbocycles. The molecule has 0 fully saturated rings. The monoisotopic (exact) mass is 1390 g/mol. The molecule has 1 aliphatic carbocycles. The first-order chi connectivity index (χ1) is 50.0. The maximum Gasteiger partial charge on any atom is 0.160 e. The number of furan rings is 2. The summed E-state index contributed by atoms with van der Waals surface area (Å²) in [5.41, 5.74) is 26.7. The van der Waals surface area contributed by atoms with Crippen molar-refractivity contribution >= 4 is 99.8 Å². The van der Waals surface area contributed by atoms with E-state index in [4.69, 9.17) is 8.83 Å². The van der Waals surface area contributed by atoms with Crippen LogP contribution in [-0.2, 0) is 43.3 Å². The molecule has 16 rings (SSSR count). The van der Waals surface area contributed by atoms with Crippen molar-refractivity contribution in [2.75, 3.05) is 9.80 Å². The second-order valence-corrected chi connectivity index (χ2v) is 37.5. The lowest BCUT2D eigenvalue weighted by Crippen LogP contribution is -2.29. The van der Waals surface area contributed by atoms with Crippen molar-refractivity contribution in [3.8, 4) is 16.8 Å². The highest BCUT2D eigenvalue weighted by Gasteiger charge is 2.51. The molecule has 0 N–H and O–H groups in total. The SMILES string of the molecule is CC(C)(C)c1ccc(N(c2ccc(C(C)(C)C)cc2)c2cc3c(c4c2oc2ccccc24)-c2c(cc(N(c4ccc(C(C)(C)C)cc4)c4ccc(C(C)(C)C)cc4)c4c2oc2ccccc24)C3(c2ccc(C(C)(C)C)cc2)c2ccc3c(c2)c2cc(C(C)(C)C)ccc2n3-c2ccc(C(C)(C)C)cc2)cc1. The number of benzene rings is 12. The third-order valence-electron chi connectivity index (χ3n) is 23.0. The van der Waals surface area contributed by atoms with Gasteiger partial charge in [-0.05, 0) is 208 Å². The summed E-state index contributed by atoms with van der Waals surface area (Å²) in [7, 11) is 0. The maximum atomic E-state index is 7.89. The van der Waals surface area contributed by atoms with E-state index < -0.39 is 5.41 Å². The summed E-state index contributed by atoms with van der Waals surface area (Å²) in [6.07, 6.45) is 0. The highest BCUT2D eigenvalue weighted by molar-refractivity contribution is 6.26. The zero-order chi connectivity index (χ0) is 74.9. The highest BCUT2D eigenvalue weighted by Crippen LogP contribution is 2.65. The van der Waals surface area contributed by atoms with Gasteiger partial charge in [-0.3, -0.25) is 0 Å². The molecular weight excluding hydrogens is 1290 g/mol. The lowest BCUT2D eigenvalue weighted by Gasteiger charge is -2.36. The molecule has 0 amide bonds. The van der Waals surface area contributed by atoms with Gasteiger partial charge in [-0.1, -0.05) is 279 Å². The molecule has 3 heterocycles. The van der Waals surface area contributed by atoms with Crippen molar-refractivity contribution in [1.29, 1.82) is 0 Å². The van der Waals surface area contributed by atoms with Crippen molar-refractivity contribution in [2.45, 2.75) is 189 Å². The van der Waals surface area contributed by atoms with E-state index in [-0.39, 0.29) is 37.9 Å². The fraction of sp³-hybridized carbons (Fsp3) is 0.287. The zero-order valence-corrected chi connectivity index (χ0v) is 66.3. The van der Waals surface area contributed by atoms with Gasteiger partial charge in [0.15, 0.2) is 5.58 Å². The Labute approximate surface area is 628 Å². The van der Waals surface area contributed by atoms with Crippen LogP contribution in [-0.4, -0.2) is 4.57 Å². The summed E-state index contributed by atoms with van der Waals surface area (Å²) >= 11 is 0. The van der Waals surface area contributed by atoms with E-state index in [9.17, 15) is 0 Å². The lowest BCUT2D eigenvalue weighted by atomic mass is 9.66. The Morgan fingerprint density at radius 2 is 0.604 bits per heavy atom. The van der Waals surface area contributed by atoms with Gasteiger partial charge < -0.3 is 23.2 Å². The van der Waals surface area contributed by atoms with E-state index in [1.807, 2.05) is 0 Å². The van der Waals surface area contributed by atoms with Gasteiger partial charge in [0, 0.05) is 66.5 Å². The molecule has 5 nitrogen and oxygen atoms in total. The molecule has 15 aromatic rings. The average molecular weight is 1390 g/mol. The number of nitrogens with zero attached hydrogens (tertiary/aromatic N) is 3. The summed E-state index contributed by atoms with van der Waals surface area (Å²) in [6.45, 7) is 48.5. The van der Waals surface area contributed by atoms with Crippen molar-refractivity contribution < 1.29 is 8.83 Å². The normalized spacial score (nSPS) is 14.7. The predicted molar refractivity (Wildman–Crippen MR) is 453 cm³/mol. The number of anilines is 6. The number of para-hydroxylation sites is 2. The van der Waals surface area contributed by atoms with E-state index >= 15 is 0 Å². The van der Waals surface area contributed by atoms with Crippen LogP contribution >= 0.6 is 0 Å². The molecule has 1 atom stereocenters.